The van der Waals surface area contributed by atoms with Crippen molar-refractivity contribution < 1.29 is 13.2 Å². The van der Waals surface area contributed by atoms with Gasteiger partial charge in [0.2, 0.25) is 0 Å². The van der Waals surface area contributed by atoms with Gasteiger partial charge in [-0.05, 0) is 24.1 Å². The molecule has 0 saturated heterocycles. The molecule has 114 valence electrons. The average molecular weight is 297 g/mol. The van der Waals surface area contributed by atoms with Gasteiger partial charge in [0.1, 0.15) is 0 Å². The Morgan fingerprint density at radius 3 is 2.71 bits per heavy atom. The number of alkyl halides is 3. The Bertz CT molecular complexity index is 576. The van der Waals surface area contributed by atoms with Crippen LogP contribution in [-0.2, 0) is 25.8 Å². The van der Waals surface area contributed by atoms with Crippen molar-refractivity contribution in [2.75, 3.05) is 0 Å². The normalized spacial score (nSPS) is 11.8. The first-order chi connectivity index (χ1) is 10.0. The summed E-state index contributed by atoms with van der Waals surface area (Å²) in [5, 5.41) is 7.36. The SMILES string of the molecule is CCCn1nccc1CNCc1cccc(C(F)(F)F)c1. The lowest BCUT2D eigenvalue weighted by Gasteiger charge is -2.10. The molecule has 1 aromatic heterocycles. The minimum atomic E-state index is -4.30. The van der Waals surface area contributed by atoms with Crippen LogP contribution in [0.1, 0.15) is 30.2 Å². The van der Waals surface area contributed by atoms with Crippen molar-refractivity contribution in [1.29, 1.82) is 0 Å². The molecule has 1 aromatic carbocycles. The number of nitrogens with one attached hydrogen (secondary N) is 1. The monoisotopic (exact) mass is 297 g/mol. The van der Waals surface area contributed by atoms with Crippen molar-refractivity contribution in [2.45, 2.75) is 39.2 Å². The summed E-state index contributed by atoms with van der Waals surface area (Å²) in [4.78, 5) is 0. The second kappa shape index (κ2) is 6.76. The van der Waals surface area contributed by atoms with E-state index in [1.807, 2.05) is 10.7 Å². The largest absolute Gasteiger partial charge is 0.416 e. The summed E-state index contributed by atoms with van der Waals surface area (Å²) in [7, 11) is 0. The molecule has 21 heavy (non-hydrogen) atoms. The number of hydrogen-bond donors (Lipinski definition) is 1. The van der Waals surface area contributed by atoms with Crippen LogP contribution >= 0.6 is 0 Å². The molecular formula is C15H18F3N3. The smallest absolute Gasteiger partial charge is 0.307 e. The summed E-state index contributed by atoms with van der Waals surface area (Å²) in [6.07, 6.45) is -1.57. The van der Waals surface area contributed by atoms with E-state index in [4.69, 9.17) is 0 Å². The highest BCUT2D eigenvalue weighted by molar-refractivity contribution is 5.25. The molecule has 0 amide bonds. The van der Waals surface area contributed by atoms with Crippen LogP contribution in [0.2, 0.25) is 0 Å². The third kappa shape index (κ3) is 4.32. The summed E-state index contributed by atoms with van der Waals surface area (Å²) in [5.74, 6) is 0. The molecule has 1 heterocycles. The molecule has 2 rings (SSSR count). The first-order valence-corrected chi connectivity index (χ1v) is 6.88. The van der Waals surface area contributed by atoms with E-state index >= 15 is 0 Å². The van der Waals surface area contributed by atoms with Crippen molar-refractivity contribution >= 4 is 0 Å². The summed E-state index contributed by atoms with van der Waals surface area (Å²) in [6, 6.07) is 7.29. The third-order valence-electron chi connectivity index (χ3n) is 3.13. The molecule has 3 nitrogen and oxygen atoms in total. The zero-order valence-corrected chi connectivity index (χ0v) is 11.8. The predicted octanol–water partition coefficient (Wildman–Crippen LogP) is 3.60. The molecule has 0 saturated carbocycles. The van der Waals surface area contributed by atoms with Crippen molar-refractivity contribution in [3.63, 3.8) is 0 Å². The topological polar surface area (TPSA) is 29.9 Å². The van der Waals surface area contributed by atoms with Gasteiger partial charge in [0.25, 0.3) is 0 Å². The van der Waals surface area contributed by atoms with Crippen LogP contribution in [0.4, 0.5) is 13.2 Å². The first-order valence-electron chi connectivity index (χ1n) is 6.88. The maximum absolute atomic E-state index is 12.6. The standard InChI is InChI=1S/C15H18F3N3/c1-2-8-21-14(6-7-20-21)11-19-10-12-4-3-5-13(9-12)15(16,17)18/h3-7,9,19H,2,8,10-11H2,1H3. The molecule has 2 aromatic rings. The Morgan fingerprint density at radius 2 is 2.00 bits per heavy atom. The molecule has 1 N–H and O–H groups in total. The van der Waals surface area contributed by atoms with E-state index in [-0.39, 0.29) is 0 Å². The van der Waals surface area contributed by atoms with Gasteiger partial charge in [-0.15, -0.1) is 0 Å². The van der Waals surface area contributed by atoms with E-state index in [1.54, 1.807) is 12.3 Å². The van der Waals surface area contributed by atoms with Crippen molar-refractivity contribution in [2.24, 2.45) is 0 Å². The van der Waals surface area contributed by atoms with Crippen LogP contribution in [0.15, 0.2) is 36.5 Å². The second-order valence-corrected chi connectivity index (χ2v) is 4.85. The lowest BCUT2D eigenvalue weighted by atomic mass is 10.1. The molecule has 0 fully saturated rings. The number of benzene rings is 1. The van der Waals surface area contributed by atoms with Crippen molar-refractivity contribution in [3.05, 3.63) is 53.3 Å². The number of aromatic nitrogens is 2. The van der Waals surface area contributed by atoms with E-state index in [0.29, 0.717) is 18.7 Å². The highest BCUT2D eigenvalue weighted by Gasteiger charge is 2.30. The van der Waals surface area contributed by atoms with Crippen LogP contribution in [0.25, 0.3) is 0 Å². The molecule has 0 radical (unpaired) electrons. The van der Waals surface area contributed by atoms with E-state index in [0.717, 1.165) is 24.7 Å². The minimum Gasteiger partial charge on any atom is -0.307 e. The molecule has 6 heteroatoms. The van der Waals surface area contributed by atoms with Gasteiger partial charge >= 0.3 is 6.18 Å². The van der Waals surface area contributed by atoms with Gasteiger partial charge in [-0.25, -0.2) is 0 Å². The van der Waals surface area contributed by atoms with Gasteiger partial charge in [0.15, 0.2) is 0 Å². The van der Waals surface area contributed by atoms with E-state index < -0.39 is 11.7 Å². The Balaban J connectivity index is 1.93. The van der Waals surface area contributed by atoms with Gasteiger partial charge in [0, 0.05) is 25.8 Å². The quantitative estimate of drug-likeness (QED) is 0.883. The number of halogens is 3. The zero-order valence-electron chi connectivity index (χ0n) is 11.8. The molecule has 0 atom stereocenters. The van der Waals surface area contributed by atoms with E-state index in [9.17, 15) is 13.2 Å². The number of nitrogens with zero attached hydrogens (tertiary/aromatic N) is 2. The lowest BCUT2D eigenvalue weighted by Crippen LogP contribution is -2.17. The number of aryl methyl sites for hydroxylation is 1. The van der Waals surface area contributed by atoms with Crippen LogP contribution < -0.4 is 5.32 Å². The fourth-order valence-corrected chi connectivity index (χ4v) is 2.12. The van der Waals surface area contributed by atoms with Crippen LogP contribution in [-0.4, -0.2) is 9.78 Å². The molecule has 0 spiro atoms. The van der Waals surface area contributed by atoms with Gasteiger partial charge < -0.3 is 5.32 Å². The van der Waals surface area contributed by atoms with Crippen LogP contribution in [0.3, 0.4) is 0 Å². The number of rotatable bonds is 6. The van der Waals surface area contributed by atoms with Gasteiger partial charge in [-0.3, -0.25) is 4.68 Å². The van der Waals surface area contributed by atoms with Crippen molar-refractivity contribution in [1.82, 2.24) is 15.1 Å². The van der Waals surface area contributed by atoms with Crippen molar-refractivity contribution in [3.8, 4) is 0 Å². The number of hydrogen-bond acceptors (Lipinski definition) is 2. The Labute approximate surface area is 121 Å². The summed E-state index contributed by atoms with van der Waals surface area (Å²) in [6.45, 7) is 3.88. The van der Waals surface area contributed by atoms with Crippen LogP contribution in [0.5, 0.6) is 0 Å². The highest BCUT2D eigenvalue weighted by Crippen LogP contribution is 2.29. The predicted molar refractivity (Wildman–Crippen MR) is 74.5 cm³/mol. The van der Waals surface area contributed by atoms with E-state index in [2.05, 4.69) is 17.3 Å². The Hall–Kier alpha value is -1.82. The minimum absolute atomic E-state index is 0.390. The maximum atomic E-state index is 12.6. The Kier molecular flexibility index (Phi) is 5.01. The van der Waals surface area contributed by atoms with Gasteiger partial charge in [-0.1, -0.05) is 25.1 Å². The zero-order chi connectivity index (χ0) is 15.3. The lowest BCUT2D eigenvalue weighted by molar-refractivity contribution is -0.137. The fourth-order valence-electron chi connectivity index (χ4n) is 2.12. The summed E-state index contributed by atoms with van der Waals surface area (Å²) < 4.78 is 39.8. The molecule has 0 aliphatic heterocycles. The molecule has 0 unspecified atom stereocenters. The fraction of sp³-hybridized carbons (Fsp3) is 0.400. The molecular weight excluding hydrogens is 279 g/mol. The molecule has 0 aliphatic rings. The maximum Gasteiger partial charge on any atom is 0.416 e. The summed E-state index contributed by atoms with van der Waals surface area (Å²) >= 11 is 0. The van der Waals surface area contributed by atoms with Gasteiger partial charge in [-0.2, -0.15) is 18.3 Å². The van der Waals surface area contributed by atoms with Gasteiger partial charge in [0.05, 0.1) is 11.3 Å². The second-order valence-electron chi connectivity index (χ2n) is 4.85. The first kappa shape index (κ1) is 15.6. The highest BCUT2D eigenvalue weighted by atomic mass is 19.4. The Morgan fingerprint density at radius 1 is 1.19 bits per heavy atom. The molecule has 0 bridgehead atoms. The third-order valence-corrected chi connectivity index (χ3v) is 3.13. The average Bonchev–Trinajstić information content (AvgIpc) is 2.86. The van der Waals surface area contributed by atoms with Crippen LogP contribution in [0, 0.1) is 0 Å². The van der Waals surface area contributed by atoms with E-state index in [1.165, 1.54) is 12.1 Å². The molecule has 0 aliphatic carbocycles. The summed E-state index contributed by atoms with van der Waals surface area (Å²) in [5.41, 5.74) is 1.04.